The van der Waals surface area contributed by atoms with Gasteiger partial charge in [0, 0.05) is 11.5 Å². The minimum Gasteiger partial charge on any atom is -0.308 e. The first-order valence-electron chi connectivity index (χ1n) is 6.51. The van der Waals surface area contributed by atoms with Gasteiger partial charge in [-0.25, -0.2) is 4.68 Å². The van der Waals surface area contributed by atoms with E-state index in [9.17, 15) is 0 Å². The predicted molar refractivity (Wildman–Crippen MR) is 91.3 cm³/mol. The third-order valence-electron chi connectivity index (χ3n) is 3.55. The second-order valence-electron chi connectivity index (χ2n) is 4.86. The molecule has 0 aliphatic carbocycles. The molecule has 0 radical (unpaired) electrons. The zero-order valence-corrected chi connectivity index (χ0v) is 14.8. The van der Waals surface area contributed by atoms with Crippen molar-refractivity contribution in [3.05, 3.63) is 56.7 Å². The Morgan fingerprint density at radius 2 is 1.81 bits per heavy atom. The second-order valence-corrected chi connectivity index (χ2v) is 6.53. The Labute approximate surface area is 139 Å². The summed E-state index contributed by atoms with van der Waals surface area (Å²) in [6, 6.07) is 12.8. The van der Waals surface area contributed by atoms with Crippen molar-refractivity contribution in [2.45, 2.75) is 6.04 Å². The molecular formula is C15H14Br2N4. The average Bonchev–Trinajstić information content (AvgIpc) is 2.80. The molecule has 0 saturated carbocycles. The van der Waals surface area contributed by atoms with Gasteiger partial charge in [0.25, 0.3) is 0 Å². The van der Waals surface area contributed by atoms with E-state index < -0.39 is 0 Å². The fraction of sp³-hybridized carbons (Fsp3) is 0.200. The third-order valence-corrected chi connectivity index (χ3v) is 4.61. The lowest BCUT2D eigenvalue weighted by molar-refractivity contribution is 0.597. The van der Waals surface area contributed by atoms with Crippen LogP contribution < -0.4 is 5.32 Å². The van der Waals surface area contributed by atoms with E-state index in [4.69, 9.17) is 0 Å². The molecule has 2 aromatic carbocycles. The highest BCUT2D eigenvalue weighted by molar-refractivity contribution is 9.10. The molecular weight excluding hydrogens is 396 g/mol. The minimum atomic E-state index is 0.0346. The molecule has 1 heterocycles. The van der Waals surface area contributed by atoms with Crippen LogP contribution in [0.15, 0.2) is 45.5 Å². The number of benzene rings is 2. The quantitative estimate of drug-likeness (QED) is 0.715. The molecule has 1 unspecified atom stereocenters. The van der Waals surface area contributed by atoms with Crippen LogP contribution in [0.2, 0.25) is 0 Å². The van der Waals surface area contributed by atoms with Gasteiger partial charge in [-0.1, -0.05) is 39.3 Å². The lowest BCUT2D eigenvalue weighted by Crippen LogP contribution is -2.21. The van der Waals surface area contributed by atoms with Crippen LogP contribution in [0.5, 0.6) is 0 Å². The van der Waals surface area contributed by atoms with Gasteiger partial charge in [-0.3, -0.25) is 0 Å². The maximum absolute atomic E-state index is 4.07. The summed E-state index contributed by atoms with van der Waals surface area (Å²) < 4.78 is 3.64. The van der Waals surface area contributed by atoms with Crippen molar-refractivity contribution < 1.29 is 0 Å². The molecule has 0 amide bonds. The number of rotatable bonds is 3. The molecule has 0 aliphatic heterocycles. The molecule has 21 heavy (non-hydrogen) atoms. The maximum Gasteiger partial charge on any atom is 0.153 e. The van der Waals surface area contributed by atoms with E-state index in [1.807, 2.05) is 14.1 Å². The Morgan fingerprint density at radius 3 is 2.48 bits per heavy atom. The fourth-order valence-electron chi connectivity index (χ4n) is 2.52. The second kappa shape index (κ2) is 5.87. The number of halogens is 2. The summed E-state index contributed by atoms with van der Waals surface area (Å²) in [5, 5.41) is 13.9. The first-order chi connectivity index (χ1) is 10.1. The van der Waals surface area contributed by atoms with Crippen molar-refractivity contribution in [2.24, 2.45) is 7.05 Å². The van der Waals surface area contributed by atoms with Gasteiger partial charge in [0.2, 0.25) is 0 Å². The van der Waals surface area contributed by atoms with Crippen molar-refractivity contribution in [3.8, 4) is 0 Å². The molecule has 0 bridgehead atoms. The third kappa shape index (κ3) is 2.75. The highest BCUT2D eigenvalue weighted by Crippen LogP contribution is 2.29. The number of hydrogen-bond acceptors (Lipinski definition) is 3. The van der Waals surface area contributed by atoms with E-state index in [1.165, 1.54) is 16.3 Å². The number of nitrogens with zero attached hydrogens (tertiary/aromatic N) is 3. The van der Waals surface area contributed by atoms with E-state index in [0.29, 0.717) is 0 Å². The lowest BCUT2D eigenvalue weighted by Gasteiger charge is -2.17. The summed E-state index contributed by atoms with van der Waals surface area (Å²) in [6.45, 7) is 0. The van der Waals surface area contributed by atoms with Gasteiger partial charge in [0.05, 0.1) is 11.7 Å². The van der Waals surface area contributed by atoms with Gasteiger partial charge in [0.15, 0.2) is 4.60 Å². The SMILES string of the molecule is CNC(c1ccc2cc(Br)ccc2c1)c1c(Br)nnn1C. The van der Waals surface area contributed by atoms with Crippen LogP contribution in [0.1, 0.15) is 17.3 Å². The van der Waals surface area contributed by atoms with Crippen LogP contribution in [0.3, 0.4) is 0 Å². The van der Waals surface area contributed by atoms with Crippen LogP contribution in [-0.2, 0) is 7.05 Å². The summed E-state index contributed by atoms with van der Waals surface area (Å²) in [5.74, 6) is 0. The van der Waals surface area contributed by atoms with Crippen LogP contribution in [0.4, 0.5) is 0 Å². The summed E-state index contributed by atoms with van der Waals surface area (Å²) in [5.41, 5.74) is 2.19. The van der Waals surface area contributed by atoms with E-state index in [1.54, 1.807) is 4.68 Å². The van der Waals surface area contributed by atoms with Crippen molar-refractivity contribution in [1.82, 2.24) is 20.3 Å². The van der Waals surface area contributed by atoms with Crippen LogP contribution in [-0.4, -0.2) is 22.0 Å². The summed E-state index contributed by atoms with van der Waals surface area (Å²) in [4.78, 5) is 0. The van der Waals surface area contributed by atoms with Gasteiger partial charge in [0.1, 0.15) is 0 Å². The predicted octanol–water partition coefficient (Wildman–Crippen LogP) is 3.80. The van der Waals surface area contributed by atoms with E-state index in [0.717, 1.165) is 14.8 Å². The largest absolute Gasteiger partial charge is 0.308 e. The Bertz CT molecular complexity index is 778. The van der Waals surface area contributed by atoms with E-state index in [-0.39, 0.29) is 6.04 Å². The number of fused-ring (bicyclic) bond motifs is 1. The molecule has 4 nitrogen and oxygen atoms in total. The van der Waals surface area contributed by atoms with E-state index in [2.05, 4.69) is 83.9 Å². The molecule has 1 aromatic heterocycles. The maximum atomic E-state index is 4.07. The Kier molecular flexibility index (Phi) is 4.10. The molecule has 3 aromatic rings. The molecule has 108 valence electrons. The van der Waals surface area contributed by atoms with Crippen molar-refractivity contribution >= 4 is 42.6 Å². The van der Waals surface area contributed by atoms with Crippen LogP contribution >= 0.6 is 31.9 Å². The van der Waals surface area contributed by atoms with Gasteiger partial charge in [-0.05, 0) is 57.5 Å². The fourth-order valence-corrected chi connectivity index (χ4v) is 3.46. The molecule has 6 heteroatoms. The Balaban J connectivity index is 2.11. The summed E-state index contributed by atoms with van der Waals surface area (Å²) in [7, 11) is 3.84. The van der Waals surface area contributed by atoms with Gasteiger partial charge in [-0.2, -0.15) is 0 Å². The molecule has 0 spiro atoms. The normalized spacial score (nSPS) is 12.8. The number of aromatic nitrogens is 3. The topological polar surface area (TPSA) is 42.7 Å². The number of aryl methyl sites for hydroxylation is 1. The molecule has 0 aliphatic rings. The number of hydrogen-bond donors (Lipinski definition) is 1. The summed E-state index contributed by atoms with van der Waals surface area (Å²) >= 11 is 6.98. The molecule has 1 atom stereocenters. The van der Waals surface area contributed by atoms with Gasteiger partial charge in [-0.15, -0.1) is 5.10 Å². The zero-order valence-electron chi connectivity index (χ0n) is 11.6. The monoisotopic (exact) mass is 408 g/mol. The van der Waals surface area contributed by atoms with Crippen LogP contribution in [0.25, 0.3) is 10.8 Å². The number of nitrogens with one attached hydrogen (secondary N) is 1. The van der Waals surface area contributed by atoms with Crippen molar-refractivity contribution in [2.75, 3.05) is 7.05 Å². The Hall–Kier alpha value is -1.24. The van der Waals surface area contributed by atoms with E-state index >= 15 is 0 Å². The van der Waals surface area contributed by atoms with Crippen molar-refractivity contribution in [3.63, 3.8) is 0 Å². The van der Waals surface area contributed by atoms with Gasteiger partial charge < -0.3 is 5.32 Å². The minimum absolute atomic E-state index is 0.0346. The average molecular weight is 410 g/mol. The van der Waals surface area contributed by atoms with Gasteiger partial charge >= 0.3 is 0 Å². The molecule has 3 rings (SSSR count). The highest BCUT2D eigenvalue weighted by Gasteiger charge is 2.20. The first kappa shape index (κ1) is 14.7. The van der Waals surface area contributed by atoms with Crippen LogP contribution in [0, 0.1) is 0 Å². The Morgan fingerprint density at radius 1 is 1.10 bits per heavy atom. The smallest absolute Gasteiger partial charge is 0.153 e. The molecule has 0 fully saturated rings. The highest BCUT2D eigenvalue weighted by atomic mass is 79.9. The molecule has 1 N–H and O–H groups in total. The first-order valence-corrected chi connectivity index (χ1v) is 8.10. The molecule has 0 saturated heterocycles. The summed E-state index contributed by atoms with van der Waals surface area (Å²) in [6.07, 6.45) is 0. The lowest BCUT2D eigenvalue weighted by atomic mass is 10.00. The van der Waals surface area contributed by atoms with Crippen molar-refractivity contribution in [1.29, 1.82) is 0 Å². The standard InChI is InChI=1S/C15H14Br2N4/c1-18-13(14-15(17)19-20-21(14)2)11-4-3-10-8-12(16)6-5-9(10)7-11/h3-8,13,18H,1-2H3. The zero-order chi connectivity index (χ0) is 15.0.